The summed E-state index contributed by atoms with van der Waals surface area (Å²) in [6, 6.07) is -0.742. The van der Waals surface area contributed by atoms with Crippen LogP contribution in [0.5, 0.6) is 0 Å². The molecule has 0 aromatic rings. The molecule has 1 aliphatic carbocycles. The first kappa shape index (κ1) is 14.0. The lowest BCUT2D eigenvalue weighted by atomic mass is 9.98. The highest BCUT2D eigenvalue weighted by Crippen LogP contribution is 2.27. The van der Waals surface area contributed by atoms with Crippen LogP contribution in [0.2, 0.25) is 0 Å². The molecule has 0 spiro atoms. The molecule has 2 atom stereocenters. The van der Waals surface area contributed by atoms with Crippen LogP contribution in [0.25, 0.3) is 0 Å². The smallest absolute Gasteiger partial charge is 0.326 e. The minimum Gasteiger partial charge on any atom is -0.480 e. The quantitative estimate of drug-likeness (QED) is 0.749. The fraction of sp³-hybridized carbons (Fsp3) is 0.846. The Kier molecular flexibility index (Phi) is 5.45. The monoisotopic (exact) mass is 241 g/mol. The van der Waals surface area contributed by atoms with E-state index in [4.69, 9.17) is 5.11 Å². The van der Waals surface area contributed by atoms with Crippen LogP contribution in [-0.4, -0.2) is 23.0 Å². The van der Waals surface area contributed by atoms with Crippen LogP contribution in [-0.2, 0) is 9.59 Å². The highest BCUT2D eigenvalue weighted by molar-refractivity contribution is 5.83. The summed E-state index contributed by atoms with van der Waals surface area (Å²) in [6.45, 7) is 3.79. The van der Waals surface area contributed by atoms with Gasteiger partial charge in [-0.25, -0.2) is 4.79 Å². The second-order valence-electron chi connectivity index (χ2n) is 5.12. The average Bonchev–Trinajstić information content (AvgIpc) is 2.77. The van der Waals surface area contributed by atoms with Crippen LogP contribution in [0.15, 0.2) is 0 Å². The highest BCUT2D eigenvalue weighted by Gasteiger charge is 2.26. The summed E-state index contributed by atoms with van der Waals surface area (Å²) in [7, 11) is 0. The van der Waals surface area contributed by atoms with E-state index >= 15 is 0 Å². The first-order chi connectivity index (χ1) is 8.04. The zero-order chi connectivity index (χ0) is 12.8. The lowest BCUT2D eigenvalue weighted by Gasteiger charge is -2.21. The number of hydrogen-bond donors (Lipinski definition) is 2. The molecule has 0 aromatic carbocycles. The van der Waals surface area contributed by atoms with Gasteiger partial charge in [-0.15, -0.1) is 0 Å². The van der Waals surface area contributed by atoms with Gasteiger partial charge in [-0.3, -0.25) is 4.79 Å². The van der Waals surface area contributed by atoms with E-state index in [1.54, 1.807) is 0 Å². The molecule has 0 aliphatic heterocycles. The number of carboxylic acids is 1. The zero-order valence-corrected chi connectivity index (χ0v) is 10.7. The molecule has 4 heteroatoms. The third-order valence-electron chi connectivity index (χ3n) is 3.74. The van der Waals surface area contributed by atoms with Gasteiger partial charge < -0.3 is 10.4 Å². The van der Waals surface area contributed by atoms with Gasteiger partial charge in [-0.2, -0.15) is 0 Å². The van der Waals surface area contributed by atoms with Crippen LogP contribution in [0.4, 0.5) is 0 Å². The van der Waals surface area contributed by atoms with Crippen LogP contribution in [0.3, 0.4) is 0 Å². The third kappa shape index (κ3) is 4.36. The maximum absolute atomic E-state index is 11.8. The van der Waals surface area contributed by atoms with E-state index in [2.05, 4.69) is 5.32 Å². The predicted molar refractivity (Wildman–Crippen MR) is 65.6 cm³/mol. The number of carbonyl (C=O) groups is 2. The topological polar surface area (TPSA) is 66.4 Å². The molecule has 0 bridgehead atoms. The van der Waals surface area contributed by atoms with Gasteiger partial charge in [0, 0.05) is 6.42 Å². The molecule has 1 fully saturated rings. The van der Waals surface area contributed by atoms with Gasteiger partial charge in [0.05, 0.1) is 0 Å². The predicted octanol–water partition coefficient (Wildman–Crippen LogP) is 2.18. The Morgan fingerprint density at radius 1 is 1.35 bits per heavy atom. The fourth-order valence-electron chi connectivity index (χ4n) is 2.39. The van der Waals surface area contributed by atoms with E-state index in [0.717, 1.165) is 19.3 Å². The summed E-state index contributed by atoms with van der Waals surface area (Å²) in [6.07, 6.45) is 5.85. The number of hydrogen-bond acceptors (Lipinski definition) is 2. The third-order valence-corrected chi connectivity index (χ3v) is 3.74. The number of carboxylic acid groups (broad SMARTS) is 1. The standard InChI is InChI=1S/C13H23NO3/c1-3-9(2)12(13(16)17)14-11(15)8-10-6-4-5-7-10/h9-10,12H,3-8H2,1-2H3,(H,14,15)(H,16,17)/t9?,12-/m0/s1. The lowest BCUT2D eigenvalue weighted by Crippen LogP contribution is -2.45. The maximum Gasteiger partial charge on any atom is 0.326 e. The van der Waals surface area contributed by atoms with Crippen molar-refractivity contribution in [2.24, 2.45) is 11.8 Å². The van der Waals surface area contributed by atoms with Crippen molar-refractivity contribution in [2.75, 3.05) is 0 Å². The second kappa shape index (κ2) is 6.62. The van der Waals surface area contributed by atoms with E-state index in [-0.39, 0.29) is 11.8 Å². The molecule has 1 saturated carbocycles. The summed E-state index contributed by atoms with van der Waals surface area (Å²) in [5.74, 6) is -0.606. The average molecular weight is 241 g/mol. The Morgan fingerprint density at radius 3 is 2.41 bits per heavy atom. The molecule has 1 aliphatic rings. The van der Waals surface area contributed by atoms with Gasteiger partial charge in [-0.1, -0.05) is 33.1 Å². The van der Waals surface area contributed by atoms with Crippen molar-refractivity contribution < 1.29 is 14.7 Å². The van der Waals surface area contributed by atoms with E-state index in [1.165, 1.54) is 12.8 Å². The largest absolute Gasteiger partial charge is 0.480 e. The molecule has 4 nitrogen and oxygen atoms in total. The van der Waals surface area contributed by atoms with Gasteiger partial charge in [0.2, 0.25) is 5.91 Å². The van der Waals surface area contributed by atoms with Crippen molar-refractivity contribution in [1.29, 1.82) is 0 Å². The molecule has 98 valence electrons. The Labute approximate surface area is 103 Å². The number of rotatable bonds is 6. The molecule has 1 rings (SSSR count). The van der Waals surface area contributed by atoms with E-state index < -0.39 is 12.0 Å². The molecule has 2 N–H and O–H groups in total. The van der Waals surface area contributed by atoms with Crippen LogP contribution in [0, 0.1) is 11.8 Å². The summed E-state index contributed by atoms with van der Waals surface area (Å²) >= 11 is 0. The molecular weight excluding hydrogens is 218 g/mol. The Morgan fingerprint density at radius 2 is 1.94 bits per heavy atom. The number of aliphatic carboxylic acids is 1. The molecule has 0 heterocycles. The maximum atomic E-state index is 11.8. The molecule has 1 unspecified atom stereocenters. The first-order valence-corrected chi connectivity index (χ1v) is 6.56. The van der Waals surface area contributed by atoms with Crippen molar-refractivity contribution in [3.05, 3.63) is 0 Å². The fourth-order valence-corrected chi connectivity index (χ4v) is 2.39. The van der Waals surface area contributed by atoms with E-state index in [9.17, 15) is 9.59 Å². The van der Waals surface area contributed by atoms with Crippen molar-refractivity contribution in [1.82, 2.24) is 5.32 Å². The van der Waals surface area contributed by atoms with Gasteiger partial charge in [0.25, 0.3) is 0 Å². The van der Waals surface area contributed by atoms with Crippen LogP contribution in [0.1, 0.15) is 52.4 Å². The molecule has 0 aromatic heterocycles. The Bertz CT molecular complexity index is 272. The summed E-state index contributed by atoms with van der Waals surface area (Å²) < 4.78 is 0. The van der Waals surface area contributed by atoms with Gasteiger partial charge in [0.1, 0.15) is 6.04 Å². The van der Waals surface area contributed by atoms with E-state index in [1.807, 2.05) is 13.8 Å². The Hall–Kier alpha value is -1.06. The lowest BCUT2D eigenvalue weighted by molar-refractivity contribution is -0.143. The SMILES string of the molecule is CCC(C)[C@H](NC(=O)CC1CCCC1)C(=O)O. The molecule has 0 saturated heterocycles. The van der Waals surface area contributed by atoms with Gasteiger partial charge in [-0.05, 0) is 24.7 Å². The van der Waals surface area contributed by atoms with Gasteiger partial charge in [0.15, 0.2) is 0 Å². The summed E-state index contributed by atoms with van der Waals surface area (Å²) in [5.41, 5.74) is 0. The number of carbonyl (C=O) groups excluding carboxylic acids is 1. The van der Waals surface area contributed by atoms with Crippen molar-refractivity contribution in [3.8, 4) is 0 Å². The minimum absolute atomic E-state index is 0.0278. The minimum atomic E-state index is -0.931. The van der Waals surface area contributed by atoms with Crippen LogP contribution < -0.4 is 5.32 Å². The zero-order valence-electron chi connectivity index (χ0n) is 10.7. The summed E-state index contributed by atoms with van der Waals surface area (Å²) in [4.78, 5) is 22.8. The van der Waals surface area contributed by atoms with E-state index in [0.29, 0.717) is 12.3 Å². The molecule has 0 radical (unpaired) electrons. The van der Waals surface area contributed by atoms with Crippen molar-refractivity contribution in [3.63, 3.8) is 0 Å². The summed E-state index contributed by atoms with van der Waals surface area (Å²) in [5, 5.41) is 11.7. The van der Waals surface area contributed by atoms with Crippen molar-refractivity contribution >= 4 is 11.9 Å². The second-order valence-corrected chi connectivity index (χ2v) is 5.12. The van der Waals surface area contributed by atoms with Crippen molar-refractivity contribution in [2.45, 2.75) is 58.4 Å². The highest BCUT2D eigenvalue weighted by atomic mass is 16.4. The molecular formula is C13H23NO3. The van der Waals surface area contributed by atoms with Gasteiger partial charge >= 0.3 is 5.97 Å². The molecule has 17 heavy (non-hydrogen) atoms. The van der Waals surface area contributed by atoms with Crippen LogP contribution >= 0.6 is 0 Å². The molecule has 1 amide bonds. The first-order valence-electron chi connectivity index (χ1n) is 6.56. The Balaban J connectivity index is 2.43. The number of nitrogens with one attached hydrogen (secondary N) is 1. The number of amides is 1. The normalized spacial score (nSPS) is 19.9.